The Bertz CT molecular complexity index is 686. The smallest absolute Gasteiger partial charge is 0.257 e. The molecule has 2 aromatic carbocycles. The third-order valence-corrected chi connectivity index (χ3v) is 3.30. The molecule has 120 valence electrons. The number of para-hydroxylation sites is 1. The maximum Gasteiger partial charge on any atom is 0.257 e. The SMILES string of the molecule is COc1ccc(NC(=O)c2ccccc2NC(=O)CCCl)cc1. The Kier molecular flexibility index (Phi) is 6.00. The van der Waals surface area contributed by atoms with Crippen LogP contribution in [0.2, 0.25) is 0 Å². The van der Waals surface area contributed by atoms with Gasteiger partial charge in [0.25, 0.3) is 5.91 Å². The number of carbonyl (C=O) groups excluding carboxylic acids is 2. The lowest BCUT2D eigenvalue weighted by Crippen LogP contribution is -2.18. The van der Waals surface area contributed by atoms with Gasteiger partial charge in [0.2, 0.25) is 5.91 Å². The standard InChI is InChI=1S/C17H17ClN2O3/c1-23-13-8-6-12(7-9-13)19-17(22)14-4-2-3-5-15(14)20-16(21)10-11-18/h2-9H,10-11H2,1H3,(H,19,22)(H,20,21). The van der Waals surface area contributed by atoms with E-state index < -0.39 is 0 Å². The Morgan fingerprint density at radius 2 is 1.74 bits per heavy atom. The summed E-state index contributed by atoms with van der Waals surface area (Å²) in [6.45, 7) is 0. The van der Waals surface area contributed by atoms with Crippen LogP contribution in [0, 0.1) is 0 Å². The summed E-state index contributed by atoms with van der Waals surface area (Å²) in [5, 5.41) is 5.48. The molecule has 0 aliphatic heterocycles. The van der Waals surface area contributed by atoms with Crippen molar-refractivity contribution < 1.29 is 14.3 Å². The summed E-state index contributed by atoms with van der Waals surface area (Å²) in [5.41, 5.74) is 1.47. The fourth-order valence-electron chi connectivity index (χ4n) is 1.96. The zero-order valence-corrected chi connectivity index (χ0v) is 13.4. The number of benzene rings is 2. The van der Waals surface area contributed by atoms with Crippen LogP contribution < -0.4 is 15.4 Å². The molecular weight excluding hydrogens is 316 g/mol. The molecule has 2 aromatic rings. The summed E-state index contributed by atoms with van der Waals surface area (Å²) in [5.74, 6) is 0.393. The van der Waals surface area contributed by atoms with Gasteiger partial charge in [0, 0.05) is 18.0 Å². The zero-order valence-electron chi connectivity index (χ0n) is 12.6. The Morgan fingerprint density at radius 3 is 2.39 bits per heavy atom. The average molecular weight is 333 g/mol. The molecule has 0 bridgehead atoms. The summed E-state index contributed by atoms with van der Waals surface area (Å²) in [7, 11) is 1.58. The van der Waals surface area contributed by atoms with Gasteiger partial charge in [-0.1, -0.05) is 12.1 Å². The number of hydrogen-bond acceptors (Lipinski definition) is 3. The summed E-state index contributed by atoms with van der Waals surface area (Å²) < 4.78 is 5.07. The summed E-state index contributed by atoms with van der Waals surface area (Å²) in [6, 6.07) is 13.8. The Morgan fingerprint density at radius 1 is 1.04 bits per heavy atom. The minimum Gasteiger partial charge on any atom is -0.497 e. The molecule has 0 saturated carbocycles. The van der Waals surface area contributed by atoms with Crippen LogP contribution >= 0.6 is 11.6 Å². The van der Waals surface area contributed by atoms with Crippen molar-refractivity contribution in [2.45, 2.75) is 6.42 Å². The van der Waals surface area contributed by atoms with Gasteiger partial charge in [-0.15, -0.1) is 11.6 Å². The van der Waals surface area contributed by atoms with Crippen LogP contribution in [0.1, 0.15) is 16.8 Å². The first-order valence-corrected chi connectivity index (χ1v) is 7.57. The second-order valence-electron chi connectivity index (χ2n) is 4.72. The lowest BCUT2D eigenvalue weighted by Gasteiger charge is -2.11. The summed E-state index contributed by atoms with van der Waals surface area (Å²) >= 11 is 5.55. The maximum absolute atomic E-state index is 12.4. The molecule has 0 radical (unpaired) electrons. The van der Waals surface area contributed by atoms with Crippen LogP contribution in [0.15, 0.2) is 48.5 Å². The number of nitrogens with one attached hydrogen (secondary N) is 2. The highest BCUT2D eigenvalue weighted by molar-refractivity contribution is 6.19. The molecule has 6 heteroatoms. The van der Waals surface area contributed by atoms with E-state index >= 15 is 0 Å². The quantitative estimate of drug-likeness (QED) is 0.795. The first-order chi connectivity index (χ1) is 11.1. The first kappa shape index (κ1) is 16.8. The molecule has 0 aromatic heterocycles. The van der Waals surface area contributed by atoms with Gasteiger partial charge in [0.15, 0.2) is 0 Å². The maximum atomic E-state index is 12.4. The summed E-state index contributed by atoms with van der Waals surface area (Å²) in [4.78, 5) is 24.1. The molecule has 0 aliphatic rings. The Hall–Kier alpha value is -2.53. The topological polar surface area (TPSA) is 67.4 Å². The first-order valence-electron chi connectivity index (χ1n) is 7.04. The van der Waals surface area contributed by atoms with Crippen molar-refractivity contribution in [3.05, 3.63) is 54.1 Å². The van der Waals surface area contributed by atoms with E-state index in [1.54, 1.807) is 55.6 Å². The van der Waals surface area contributed by atoms with Crippen LogP contribution in [-0.4, -0.2) is 24.8 Å². The number of amides is 2. The van der Waals surface area contributed by atoms with Crippen LogP contribution in [0.4, 0.5) is 11.4 Å². The normalized spacial score (nSPS) is 10.0. The number of carbonyl (C=O) groups is 2. The van der Waals surface area contributed by atoms with E-state index in [4.69, 9.17) is 16.3 Å². The molecule has 0 atom stereocenters. The van der Waals surface area contributed by atoms with Crippen molar-refractivity contribution in [1.82, 2.24) is 0 Å². The van der Waals surface area contributed by atoms with Gasteiger partial charge in [-0.2, -0.15) is 0 Å². The van der Waals surface area contributed by atoms with Gasteiger partial charge < -0.3 is 15.4 Å². The molecule has 5 nitrogen and oxygen atoms in total. The number of anilines is 2. The van der Waals surface area contributed by atoms with Crippen LogP contribution in [0.5, 0.6) is 5.75 Å². The lowest BCUT2D eigenvalue weighted by molar-refractivity contribution is -0.115. The molecule has 0 spiro atoms. The minimum absolute atomic E-state index is 0.190. The molecule has 2 amide bonds. The fourth-order valence-corrected chi connectivity index (χ4v) is 2.13. The van der Waals surface area contributed by atoms with Gasteiger partial charge >= 0.3 is 0 Å². The van der Waals surface area contributed by atoms with Gasteiger partial charge in [-0.05, 0) is 36.4 Å². The van der Waals surface area contributed by atoms with Crippen molar-refractivity contribution in [3.63, 3.8) is 0 Å². The largest absolute Gasteiger partial charge is 0.497 e. The van der Waals surface area contributed by atoms with Crippen molar-refractivity contribution in [3.8, 4) is 5.75 Å². The van der Waals surface area contributed by atoms with Crippen molar-refractivity contribution in [2.75, 3.05) is 23.6 Å². The van der Waals surface area contributed by atoms with E-state index in [0.717, 1.165) is 0 Å². The number of halogens is 1. The monoisotopic (exact) mass is 332 g/mol. The van der Waals surface area contributed by atoms with Crippen LogP contribution in [-0.2, 0) is 4.79 Å². The number of ether oxygens (including phenoxy) is 1. The predicted molar refractivity (Wildman–Crippen MR) is 91.4 cm³/mol. The predicted octanol–water partition coefficient (Wildman–Crippen LogP) is 3.51. The third-order valence-electron chi connectivity index (χ3n) is 3.12. The molecular formula is C17H17ClN2O3. The van der Waals surface area contributed by atoms with Gasteiger partial charge in [0.05, 0.1) is 18.4 Å². The highest BCUT2D eigenvalue weighted by Crippen LogP contribution is 2.19. The molecule has 0 aliphatic carbocycles. The lowest BCUT2D eigenvalue weighted by atomic mass is 10.1. The van der Waals surface area contributed by atoms with Crippen LogP contribution in [0.3, 0.4) is 0 Å². The van der Waals surface area contributed by atoms with Crippen LogP contribution in [0.25, 0.3) is 0 Å². The molecule has 0 fully saturated rings. The van der Waals surface area contributed by atoms with Gasteiger partial charge in [-0.25, -0.2) is 0 Å². The van der Waals surface area contributed by atoms with E-state index in [1.807, 2.05) is 0 Å². The molecule has 0 unspecified atom stereocenters. The number of rotatable bonds is 6. The Balaban J connectivity index is 2.13. The van der Waals surface area contributed by atoms with E-state index in [1.165, 1.54) is 0 Å². The second-order valence-corrected chi connectivity index (χ2v) is 5.09. The van der Waals surface area contributed by atoms with E-state index in [-0.39, 0.29) is 24.1 Å². The fraction of sp³-hybridized carbons (Fsp3) is 0.176. The van der Waals surface area contributed by atoms with E-state index in [9.17, 15) is 9.59 Å². The number of methoxy groups -OCH3 is 1. The van der Waals surface area contributed by atoms with Gasteiger partial charge in [-0.3, -0.25) is 9.59 Å². The van der Waals surface area contributed by atoms with Gasteiger partial charge in [0.1, 0.15) is 5.75 Å². The Labute approximate surface area is 139 Å². The van der Waals surface area contributed by atoms with Crippen molar-refractivity contribution >= 4 is 34.8 Å². The second kappa shape index (κ2) is 8.19. The minimum atomic E-state index is -0.308. The molecule has 2 rings (SSSR count). The summed E-state index contributed by atoms with van der Waals surface area (Å²) in [6.07, 6.45) is 0.190. The molecule has 0 heterocycles. The average Bonchev–Trinajstić information content (AvgIpc) is 2.56. The van der Waals surface area contributed by atoms with Crippen molar-refractivity contribution in [2.24, 2.45) is 0 Å². The highest BCUT2D eigenvalue weighted by Gasteiger charge is 2.13. The van der Waals surface area contributed by atoms with Crippen molar-refractivity contribution in [1.29, 1.82) is 0 Å². The van der Waals surface area contributed by atoms with E-state index in [2.05, 4.69) is 10.6 Å². The third kappa shape index (κ3) is 4.72. The number of alkyl halides is 1. The molecule has 0 saturated heterocycles. The van der Waals surface area contributed by atoms with E-state index in [0.29, 0.717) is 22.7 Å². The zero-order chi connectivity index (χ0) is 16.7. The molecule has 2 N–H and O–H groups in total. The highest BCUT2D eigenvalue weighted by atomic mass is 35.5. The number of hydrogen-bond donors (Lipinski definition) is 2. The molecule has 23 heavy (non-hydrogen) atoms.